The Balaban J connectivity index is 3.23. The molecule has 0 aliphatic carbocycles. The molecule has 0 saturated carbocycles. The van der Waals surface area contributed by atoms with Gasteiger partial charge in [-0.15, -0.1) is 0 Å². The van der Waals surface area contributed by atoms with Gasteiger partial charge in [0, 0.05) is 26.2 Å². The van der Waals surface area contributed by atoms with Crippen LogP contribution >= 0.6 is 0 Å². The molecule has 120 valence electrons. The van der Waals surface area contributed by atoms with E-state index in [0.29, 0.717) is 12.1 Å². The first-order valence-corrected chi connectivity index (χ1v) is 8.22. The molecule has 0 radical (unpaired) electrons. The molecule has 0 saturated heterocycles. The predicted octanol–water partition coefficient (Wildman–Crippen LogP) is 1.59. The van der Waals surface area contributed by atoms with Crippen LogP contribution < -0.4 is 5.32 Å². The van der Waals surface area contributed by atoms with Crippen molar-refractivity contribution in [3.05, 3.63) is 29.6 Å². The number of halogens is 1. The van der Waals surface area contributed by atoms with Crippen LogP contribution in [0.4, 0.5) is 4.39 Å². The first-order valence-electron chi connectivity index (χ1n) is 6.78. The predicted molar refractivity (Wildman–Crippen MR) is 80.1 cm³/mol. The normalized spacial score (nSPS) is 12.3. The molecule has 1 aromatic carbocycles. The molecule has 0 aliphatic heterocycles. The van der Waals surface area contributed by atoms with Crippen molar-refractivity contribution < 1.29 is 17.5 Å². The summed E-state index contributed by atoms with van der Waals surface area (Å²) >= 11 is 0. The van der Waals surface area contributed by atoms with Crippen molar-refractivity contribution in [2.24, 2.45) is 0 Å². The minimum absolute atomic E-state index is 0.187. The fourth-order valence-electron chi connectivity index (χ4n) is 2.02. The molecule has 0 fully saturated rings. The van der Waals surface area contributed by atoms with Crippen molar-refractivity contribution in [3.63, 3.8) is 0 Å². The summed E-state index contributed by atoms with van der Waals surface area (Å²) < 4.78 is 45.5. The zero-order chi connectivity index (χ0) is 16.0. The summed E-state index contributed by atoms with van der Waals surface area (Å²) in [5.41, 5.74) is 0.716. The topological polar surface area (TPSA) is 58.6 Å². The summed E-state index contributed by atoms with van der Waals surface area (Å²) in [6.45, 7) is 4.43. The van der Waals surface area contributed by atoms with Crippen LogP contribution in [0.3, 0.4) is 0 Å². The standard InChI is InChI=1S/C14H23FN2O3S/c1-11(2)17(7-8-20-4)21(18,19)14-9-12(10-16-3)5-6-13(14)15/h5-6,9,11,16H,7-8,10H2,1-4H3. The quantitative estimate of drug-likeness (QED) is 0.791. The minimum Gasteiger partial charge on any atom is -0.383 e. The van der Waals surface area contributed by atoms with Gasteiger partial charge in [0.2, 0.25) is 10.0 Å². The lowest BCUT2D eigenvalue weighted by atomic mass is 10.2. The van der Waals surface area contributed by atoms with Gasteiger partial charge in [0.15, 0.2) is 0 Å². The monoisotopic (exact) mass is 318 g/mol. The molecule has 0 aliphatic rings. The lowest BCUT2D eigenvalue weighted by molar-refractivity contribution is 0.170. The highest BCUT2D eigenvalue weighted by molar-refractivity contribution is 7.89. The summed E-state index contributed by atoms with van der Waals surface area (Å²) in [4.78, 5) is -0.292. The second kappa shape index (κ2) is 7.84. The summed E-state index contributed by atoms with van der Waals surface area (Å²) in [6.07, 6.45) is 0. The maximum absolute atomic E-state index is 14.0. The lowest BCUT2D eigenvalue weighted by Gasteiger charge is -2.26. The SMILES string of the molecule is CNCc1ccc(F)c(S(=O)(=O)N(CCOC)C(C)C)c1. The van der Waals surface area contributed by atoms with Crippen molar-refractivity contribution in [1.29, 1.82) is 0 Å². The molecule has 1 rings (SSSR count). The van der Waals surface area contributed by atoms with E-state index in [-0.39, 0.29) is 24.1 Å². The van der Waals surface area contributed by atoms with Crippen molar-refractivity contribution in [2.45, 2.75) is 31.3 Å². The number of nitrogens with zero attached hydrogens (tertiary/aromatic N) is 1. The molecule has 7 heteroatoms. The molecule has 21 heavy (non-hydrogen) atoms. The van der Waals surface area contributed by atoms with Gasteiger partial charge in [0.1, 0.15) is 10.7 Å². The molecule has 5 nitrogen and oxygen atoms in total. The Bertz CT molecular complexity index is 561. The Morgan fingerprint density at radius 1 is 1.38 bits per heavy atom. The highest BCUT2D eigenvalue weighted by atomic mass is 32.2. The molecule has 0 bridgehead atoms. The molecular weight excluding hydrogens is 295 g/mol. The van der Waals surface area contributed by atoms with Crippen LogP contribution in [-0.2, 0) is 21.3 Å². The Hall–Kier alpha value is -1.02. The zero-order valence-corrected chi connectivity index (χ0v) is 13.7. The second-order valence-corrected chi connectivity index (χ2v) is 6.86. The summed E-state index contributed by atoms with van der Waals surface area (Å²) in [5, 5.41) is 2.92. The molecular formula is C14H23FN2O3S. The van der Waals surface area contributed by atoms with Gasteiger partial charge in [-0.3, -0.25) is 0 Å². The minimum atomic E-state index is -3.89. The fourth-order valence-corrected chi connectivity index (χ4v) is 3.76. The van der Waals surface area contributed by atoms with Crippen molar-refractivity contribution in [2.75, 3.05) is 27.3 Å². The maximum Gasteiger partial charge on any atom is 0.246 e. The van der Waals surface area contributed by atoms with Gasteiger partial charge in [-0.1, -0.05) is 6.07 Å². The van der Waals surface area contributed by atoms with E-state index >= 15 is 0 Å². The number of hydrogen-bond donors (Lipinski definition) is 1. The Morgan fingerprint density at radius 3 is 2.57 bits per heavy atom. The number of methoxy groups -OCH3 is 1. The second-order valence-electron chi connectivity index (χ2n) is 5.00. The molecule has 0 heterocycles. The van der Waals surface area contributed by atoms with Crippen LogP contribution in [0.5, 0.6) is 0 Å². The lowest BCUT2D eigenvalue weighted by Crippen LogP contribution is -2.39. The Labute approximate surface area is 126 Å². The number of hydrogen-bond acceptors (Lipinski definition) is 4. The van der Waals surface area contributed by atoms with Crippen LogP contribution in [0.25, 0.3) is 0 Å². The van der Waals surface area contributed by atoms with Crippen molar-refractivity contribution in [1.82, 2.24) is 9.62 Å². The van der Waals surface area contributed by atoms with E-state index in [1.165, 1.54) is 23.5 Å². The Morgan fingerprint density at radius 2 is 2.05 bits per heavy atom. The zero-order valence-electron chi connectivity index (χ0n) is 12.9. The van der Waals surface area contributed by atoms with Gasteiger partial charge in [0.25, 0.3) is 0 Å². The maximum atomic E-state index is 14.0. The van der Waals surface area contributed by atoms with Crippen LogP contribution in [0, 0.1) is 5.82 Å². The van der Waals surface area contributed by atoms with Gasteiger partial charge < -0.3 is 10.1 Å². The Kier molecular flexibility index (Phi) is 6.73. The average Bonchev–Trinajstić information content (AvgIpc) is 2.41. The molecule has 0 unspecified atom stereocenters. The molecule has 0 aromatic heterocycles. The van der Waals surface area contributed by atoms with Gasteiger partial charge in [-0.2, -0.15) is 4.31 Å². The van der Waals surface area contributed by atoms with Crippen LogP contribution in [-0.4, -0.2) is 46.1 Å². The van der Waals surface area contributed by atoms with E-state index in [0.717, 1.165) is 0 Å². The van der Waals surface area contributed by atoms with Gasteiger partial charge in [-0.05, 0) is 38.6 Å². The van der Waals surface area contributed by atoms with Crippen molar-refractivity contribution >= 4 is 10.0 Å². The number of nitrogens with one attached hydrogen (secondary N) is 1. The van der Waals surface area contributed by atoms with E-state index in [9.17, 15) is 12.8 Å². The van der Waals surface area contributed by atoms with E-state index in [1.807, 2.05) is 0 Å². The largest absolute Gasteiger partial charge is 0.383 e. The van der Waals surface area contributed by atoms with Crippen LogP contribution in [0.2, 0.25) is 0 Å². The number of benzene rings is 1. The van der Waals surface area contributed by atoms with Gasteiger partial charge in [-0.25, -0.2) is 12.8 Å². The third-order valence-electron chi connectivity index (χ3n) is 3.05. The fraction of sp³-hybridized carbons (Fsp3) is 0.571. The third kappa shape index (κ3) is 4.47. The van der Waals surface area contributed by atoms with E-state index in [4.69, 9.17) is 4.74 Å². The number of ether oxygens (including phenoxy) is 1. The molecule has 1 N–H and O–H groups in total. The van der Waals surface area contributed by atoms with Crippen LogP contribution in [0.1, 0.15) is 19.4 Å². The van der Waals surface area contributed by atoms with Gasteiger partial charge >= 0.3 is 0 Å². The number of rotatable bonds is 8. The summed E-state index contributed by atoms with van der Waals surface area (Å²) in [6, 6.07) is 3.86. The smallest absolute Gasteiger partial charge is 0.246 e. The summed E-state index contributed by atoms with van der Waals surface area (Å²) in [5.74, 6) is -0.738. The van der Waals surface area contributed by atoms with E-state index in [2.05, 4.69) is 5.32 Å². The summed E-state index contributed by atoms with van der Waals surface area (Å²) in [7, 11) is -0.648. The first kappa shape index (κ1) is 18.0. The van der Waals surface area contributed by atoms with Crippen LogP contribution in [0.15, 0.2) is 23.1 Å². The van der Waals surface area contributed by atoms with Crippen molar-refractivity contribution in [3.8, 4) is 0 Å². The highest BCUT2D eigenvalue weighted by Crippen LogP contribution is 2.22. The third-order valence-corrected chi connectivity index (χ3v) is 5.15. The average molecular weight is 318 g/mol. The first-order chi connectivity index (χ1) is 9.84. The molecule has 1 aromatic rings. The molecule has 0 amide bonds. The van der Waals surface area contributed by atoms with Gasteiger partial charge in [0.05, 0.1) is 6.61 Å². The van der Waals surface area contributed by atoms with E-state index in [1.54, 1.807) is 27.0 Å². The van der Waals surface area contributed by atoms with E-state index < -0.39 is 15.8 Å². The molecule has 0 spiro atoms. The number of sulfonamides is 1. The highest BCUT2D eigenvalue weighted by Gasteiger charge is 2.29. The molecule has 0 atom stereocenters.